The molecule has 0 aliphatic carbocycles. The average Bonchev–Trinajstić information content (AvgIpc) is 2.62. The third-order valence-corrected chi connectivity index (χ3v) is 4.45. The maximum Gasteiger partial charge on any atom is 0.311 e. The Bertz CT molecular complexity index is 1040. The minimum Gasteiger partial charge on any atom is -0.348 e. The van der Waals surface area contributed by atoms with Gasteiger partial charge in [-0.2, -0.15) is 5.26 Å². The van der Waals surface area contributed by atoms with Crippen molar-refractivity contribution in [2.24, 2.45) is 0 Å². The maximum absolute atomic E-state index is 11.4. The van der Waals surface area contributed by atoms with Crippen LogP contribution in [0, 0.1) is 21.4 Å². The zero-order valence-corrected chi connectivity index (χ0v) is 15.6. The Kier molecular flexibility index (Phi) is 4.57. The maximum atomic E-state index is 11.4. The third-order valence-electron chi connectivity index (χ3n) is 3.96. The Morgan fingerprint density at radius 2 is 2.00 bits per heavy atom. The summed E-state index contributed by atoms with van der Waals surface area (Å²) in [4.78, 5) is 19.4. The van der Waals surface area contributed by atoms with E-state index in [0.29, 0.717) is 28.0 Å². The molecule has 2 aromatic heterocycles. The van der Waals surface area contributed by atoms with Gasteiger partial charge in [0, 0.05) is 9.86 Å². The van der Waals surface area contributed by atoms with Crippen molar-refractivity contribution in [2.75, 3.05) is 5.32 Å². The smallest absolute Gasteiger partial charge is 0.311 e. The van der Waals surface area contributed by atoms with E-state index in [4.69, 9.17) is 0 Å². The van der Waals surface area contributed by atoms with Crippen molar-refractivity contribution in [1.82, 2.24) is 9.97 Å². The second-order valence-electron chi connectivity index (χ2n) is 6.23. The number of hydrogen-bond donors (Lipinski definition) is 1. The fourth-order valence-corrected chi connectivity index (χ4v) is 2.82. The van der Waals surface area contributed by atoms with Crippen molar-refractivity contribution in [3.8, 4) is 6.07 Å². The molecule has 1 aromatic carbocycles. The quantitative estimate of drug-likeness (QED) is 0.485. The van der Waals surface area contributed by atoms with Crippen LogP contribution in [0.4, 0.5) is 17.1 Å². The van der Waals surface area contributed by atoms with Crippen molar-refractivity contribution in [1.29, 1.82) is 5.26 Å². The number of nitro groups is 1. The molecule has 0 radical (unpaired) electrons. The molecule has 0 saturated heterocycles. The lowest BCUT2D eigenvalue weighted by Crippen LogP contribution is -2.15. The molecule has 2 heterocycles. The Morgan fingerprint density at radius 3 is 2.62 bits per heavy atom. The van der Waals surface area contributed by atoms with Crippen LogP contribution in [-0.4, -0.2) is 14.9 Å². The molecule has 0 saturated carbocycles. The first-order valence-corrected chi connectivity index (χ1v) is 8.48. The van der Waals surface area contributed by atoms with Gasteiger partial charge in [0.05, 0.1) is 39.5 Å². The van der Waals surface area contributed by atoms with Crippen LogP contribution in [-0.2, 0) is 5.41 Å². The van der Waals surface area contributed by atoms with Gasteiger partial charge in [-0.05, 0) is 44.2 Å². The molecular formula is C18H14BrN5O2. The highest BCUT2D eigenvalue weighted by atomic mass is 79.9. The Morgan fingerprint density at radius 1 is 1.23 bits per heavy atom. The minimum atomic E-state index is -0.710. The first-order chi connectivity index (χ1) is 12.3. The van der Waals surface area contributed by atoms with Gasteiger partial charge in [0.15, 0.2) is 0 Å². The van der Waals surface area contributed by atoms with Gasteiger partial charge >= 0.3 is 5.69 Å². The second-order valence-corrected chi connectivity index (χ2v) is 7.15. The van der Waals surface area contributed by atoms with Gasteiger partial charge in [0.2, 0.25) is 0 Å². The lowest BCUT2D eigenvalue weighted by atomic mass is 9.91. The number of pyridine rings is 2. The van der Waals surface area contributed by atoms with E-state index in [1.807, 2.05) is 6.07 Å². The van der Waals surface area contributed by atoms with Crippen molar-refractivity contribution >= 4 is 43.9 Å². The van der Waals surface area contributed by atoms with E-state index in [-0.39, 0.29) is 5.69 Å². The van der Waals surface area contributed by atoms with Crippen LogP contribution >= 0.6 is 15.9 Å². The SMILES string of the molecule is CC(C)(C#N)c1ccc(Nc2c([N+](=O)[O-])cnc3ccc(Br)cc23)cn1. The van der Waals surface area contributed by atoms with Crippen LogP contribution in [0.5, 0.6) is 0 Å². The Labute approximate surface area is 158 Å². The number of nitrogens with one attached hydrogen (secondary N) is 1. The van der Waals surface area contributed by atoms with E-state index < -0.39 is 10.3 Å². The van der Waals surface area contributed by atoms with Crippen LogP contribution in [0.1, 0.15) is 19.5 Å². The predicted molar refractivity (Wildman–Crippen MR) is 102 cm³/mol. The number of hydrogen-bond acceptors (Lipinski definition) is 6. The van der Waals surface area contributed by atoms with Crippen molar-refractivity contribution in [2.45, 2.75) is 19.3 Å². The summed E-state index contributed by atoms with van der Waals surface area (Å²) in [6.45, 7) is 3.56. The van der Waals surface area contributed by atoms with Crippen molar-refractivity contribution in [3.63, 3.8) is 0 Å². The van der Waals surface area contributed by atoms with Crippen molar-refractivity contribution < 1.29 is 4.92 Å². The van der Waals surface area contributed by atoms with Crippen LogP contribution in [0.2, 0.25) is 0 Å². The summed E-state index contributed by atoms with van der Waals surface area (Å²) in [5.41, 5.74) is 1.35. The molecule has 0 spiro atoms. The fourth-order valence-electron chi connectivity index (χ4n) is 2.46. The molecular weight excluding hydrogens is 398 g/mol. The van der Waals surface area contributed by atoms with Crippen LogP contribution in [0.3, 0.4) is 0 Å². The van der Waals surface area contributed by atoms with Crippen LogP contribution < -0.4 is 5.32 Å². The molecule has 130 valence electrons. The van der Waals surface area contributed by atoms with Crippen molar-refractivity contribution in [3.05, 3.63) is 63.0 Å². The molecule has 26 heavy (non-hydrogen) atoms. The summed E-state index contributed by atoms with van der Waals surface area (Å²) >= 11 is 3.38. The van der Waals surface area contributed by atoms with Gasteiger partial charge < -0.3 is 5.32 Å². The van der Waals surface area contributed by atoms with E-state index in [9.17, 15) is 15.4 Å². The fraction of sp³-hybridized carbons (Fsp3) is 0.167. The molecule has 3 rings (SSSR count). The number of nitriles is 1. The summed E-state index contributed by atoms with van der Waals surface area (Å²) < 4.78 is 0.791. The first-order valence-electron chi connectivity index (χ1n) is 7.69. The topological polar surface area (TPSA) is 105 Å². The van der Waals surface area contributed by atoms with Crippen LogP contribution in [0.25, 0.3) is 10.9 Å². The molecule has 0 fully saturated rings. The lowest BCUT2D eigenvalue weighted by Gasteiger charge is -2.15. The molecule has 3 aromatic rings. The van der Waals surface area contributed by atoms with Gasteiger partial charge in [-0.1, -0.05) is 15.9 Å². The Hall–Kier alpha value is -3.05. The highest BCUT2D eigenvalue weighted by molar-refractivity contribution is 9.10. The van der Waals surface area contributed by atoms with Gasteiger partial charge in [0.25, 0.3) is 0 Å². The summed E-state index contributed by atoms with van der Waals surface area (Å²) in [6, 6.07) is 11.1. The van der Waals surface area contributed by atoms with Gasteiger partial charge in [-0.15, -0.1) is 0 Å². The van der Waals surface area contributed by atoms with E-state index in [0.717, 1.165) is 4.47 Å². The summed E-state index contributed by atoms with van der Waals surface area (Å²) in [7, 11) is 0. The minimum absolute atomic E-state index is 0.128. The van der Waals surface area contributed by atoms with E-state index in [1.54, 1.807) is 44.3 Å². The predicted octanol–water partition coefficient (Wildman–Crippen LogP) is 4.85. The molecule has 7 nitrogen and oxygen atoms in total. The number of fused-ring (bicyclic) bond motifs is 1. The van der Waals surface area contributed by atoms with E-state index in [2.05, 4.69) is 37.3 Å². The first kappa shape index (κ1) is 17.8. The standard InChI is InChI=1S/C18H14BrN5O2/c1-18(2,10-20)16-6-4-12(8-22-16)23-17-13-7-11(19)3-5-14(13)21-9-15(17)24(25)26/h3-9H,1-2H3,(H,21,23). The van der Waals surface area contributed by atoms with Gasteiger partial charge in [-0.25, -0.2) is 4.98 Å². The van der Waals surface area contributed by atoms with E-state index >= 15 is 0 Å². The normalized spacial score (nSPS) is 11.2. The van der Waals surface area contributed by atoms with E-state index in [1.165, 1.54) is 6.20 Å². The lowest BCUT2D eigenvalue weighted by molar-refractivity contribution is -0.384. The average molecular weight is 412 g/mol. The number of nitrogens with zero attached hydrogens (tertiary/aromatic N) is 4. The molecule has 1 N–H and O–H groups in total. The molecule has 0 unspecified atom stereocenters. The Balaban J connectivity index is 2.08. The van der Waals surface area contributed by atoms with Crippen LogP contribution in [0.15, 0.2) is 47.2 Å². The molecule has 0 bridgehead atoms. The third kappa shape index (κ3) is 3.34. The monoisotopic (exact) mass is 411 g/mol. The van der Waals surface area contributed by atoms with Gasteiger partial charge in [-0.3, -0.25) is 15.1 Å². The molecule has 0 amide bonds. The summed E-state index contributed by atoms with van der Waals surface area (Å²) in [5.74, 6) is 0. The molecule has 0 aliphatic rings. The summed E-state index contributed by atoms with van der Waals surface area (Å²) in [5, 5.41) is 24.3. The molecule has 0 atom stereocenters. The number of anilines is 2. The highest BCUT2D eigenvalue weighted by Gasteiger charge is 2.22. The molecule has 8 heteroatoms. The largest absolute Gasteiger partial charge is 0.348 e. The summed E-state index contributed by atoms with van der Waals surface area (Å²) in [6.07, 6.45) is 2.79. The number of aromatic nitrogens is 2. The number of halogens is 1. The molecule has 0 aliphatic heterocycles. The zero-order chi connectivity index (χ0) is 18.9. The second kappa shape index (κ2) is 6.69. The zero-order valence-electron chi connectivity index (χ0n) is 14.0. The number of benzene rings is 1. The van der Waals surface area contributed by atoms with Gasteiger partial charge in [0.1, 0.15) is 11.9 Å². The number of rotatable bonds is 4. The highest BCUT2D eigenvalue weighted by Crippen LogP contribution is 2.35.